The molecule has 0 aromatic heterocycles. The summed E-state index contributed by atoms with van der Waals surface area (Å²) >= 11 is 0. The van der Waals surface area contributed by atoms with Gasteiger partial charge < -0.3 is 64.0 Å². The second-order valence-electron chi connectivity index (χ2n) is 25.4. The van der Waals surface area contributed by atoms with E-state index in [0.717, 1.165) is 110 Å². The molecule has 0 amide bonds. The number of nitrogens with one attached hydrogen (secondary N) is 1. The van der Waals surface area contributed by atoms with Crippen LogP contribution >= 0.6 is 0 Å². The van der Waals surface area contributed by atoms with Gasteiger partial charge in [0.25, 0.3) is 0 Å². The maximum Gasteiger partial charge on any atom is 0.306 e. The fourth-order valence-corrected chi connectivity index (χ4v) is 9.26. The molecule has 94 heavy (non-hydrogen) atoms. The summed E-state index contributed by atoms with van der Waals surface area (Å²) in [4.78, 5) is 112. The smallest absolute Gasteiger partial charge is 0.306 e. The average Bonchev–Trinajstić information content (AvgIpc) is 3.02. The number of Topliss-reactive ketones (excluding diaryl/α,β-unsaturated/α-hetero) is 3. The fraction of sp³-hybridized carbons (Fsp3) is 0.875. The zero-order valence-corrected chi connectivity index (χ0v) is 63.4. The molecule has 0 aromatic carbocycles. The van der Waals surface area contributed by atoms with Crippen molar-refractivity contribution >= 4 is 53.2 Å². The van der Waals surface area contributed by atoms with E-state index in [0.29, 0.717) is 145 Å². The maximum absolute atomic E-state index is 11.6. The molecule has 0 saturated carbocycles. The van der Waals surface area contributed by atoms with Crippen molar-refractivity contribution in [3.63, 3.8) is 0 Å². The number of ketones is 3. The standard InChI is InChI=1S/C19H36N2O5.C15H30N2O3.C15H29NO4.C12H24O2.C11H24N2O/c1-6-17(22)8-15-21(16(2)3)12-7-11-20(13-9-18(23)25-4)14-10-19(24)26-5;1-5-14(18)8-12-17(13(2)3)11-6-9-16-10-7-15(19)20-4;1-13(2)7-5-6-10-16(11-8-14(17)19-3)12-9-15(18)20-4;1-11(2)9-7-5-4-6-8-10-12(13)14-3;1-4-11(14)6-9-13(10(2)3)8-5-7-12/h16H,6-15H2,1-5H3;13,16H,5-12H2,1-4H3;13H,5-12H2,1-4H3;11H,4-10H2,1-3H3;10H,4-9,12H2,1-3H3. The van der Waals surface area contributed by atoms with Gasteiger partial charge in [0, 0.05) is 115 Å². The second kappa shape index (κ2) is 69.9. The summed E-state index contributed by atoms with van der Waals surface area (Å²) in [5.41, 5.74) is 5.47. The number of carbonyl (C=O) groups excluding carboxylic acids is 9. The molecule has 0 atom stereocenters. The van der Waals surface area contributed by atoms with Crippen molar-refractivity contribution in [3.8, 4) is 0 Å². The number of nitrogens with two attached hydrogens (primary N) is 1. The van der Waals surface area contributed by atoms with Crippen molar-refractivity contribution in [2.24, 2.45) is 17.6 Å². The highest BCUT2D eigenvalue weighted by Crippen LogP contribution is 2.13. The van der Waals surface area contributed by atoms with Crippen molar-refractivity contribution in [1.29, 1.82) is 0 Å². The van der Waals surface area contributed by atoms with Crippen LogP contribution in [0.3, 0.4) is 0 Å². The summed E-state index contributed by atoms with van der Waals surface area (Å²) in [5, 5.41) is 3.23. The molecular weight excluding hydrogens is 1200 g/mol. The molecule has 0 rings (SSSR count). The van der Waals surface area contributed by atoms with Crippen LogP contribution in [0.15, 0.2) is 0 Å². The van der Waals surface area contributed by atoms with Gasteiger partial charge in [0.05, 0.1) is 74.8 Å². The van der Waals surface area contributed by atoms with Crippen molar-refractivity contribution < 1.29 is 71.6 Å². The van der Waals surface area contributed by atoms with Gasteiger partial charge in [0.2, 0.25) is 0 Å². The Bertz CT molecular complexity index is 1830. The first kappa shape index (κ1) is 98.2. The van der Waals surface area contributed by atoms with Gasteiger partial charge in [-0.2, -0.15) is 0 Å². The van der Waals surface area contributed by atoms with Crippen molar-refractivity contribution in [1.82, 2.24) is 29.8 Å². The van der Waals surface area contributed by atoms with E-state index in [2.05, 4.69) is 127 Å². The lowest BCUT2D eigenvalue weighted by atomic mass is 10.0. The van der Waals surface area contributed by atoms with Crippen LogP contribution in [-0.4, -0.2) is 237 Å². The number of methoxy groups -OCH3 is 6. The monoisotopic (exact) mass is 1350 g/mol. The Kier molecular flexibility index (Phi) is 73.0. The lowest BCUT2D eigenvalue weighted by Crippen LogP contribution is -2.37. The van der Waals surface area contributed by atoms with Crippen LogP contribution in [0.2, 0.25) is 0 Å². The molecule has 0 aromatic rings. The Morgan fingerprint density at radius 1 is 0.309 bits per heavy atom. The number of carbonyl (C=O) groups is 9. The Balaban J connectivity index is -0.000000358. The highest BCUT2D eigenvalue weighted by atomic mass is 16.5. The predicted octanol–water partition coefficient (Wildman–Crippen LogP) is 10.7. The van der Waals surface area contributed by atoms with Crippen molar-refractivity contribution in [2.45, 2.75) is 262 Å². The number of ether oxygens (including phenoxy) is 6. The Morgan fingerprint density at radius 3 is 0.936 bits per heavy atom. The minimum Gasteiger partial charge on any atom is -0.469 e. The van der Waals surface area contributed by atoms with Crippen LogP contribution in [-0.2, 0) is 71.6 Å². The molecule has 0 radical (unpaired) electrons. The van der Waals surface area contributed by atoms with Crippen LogP contribution in [0.5, 0.6) is 0 Å². The number of hydrogen-bond donors (Lipinski definition) is 2. The van der Waals surface area contributed by atoms with Crippen molar-refractivity contribution in [3.05, 3.63) is 0 Å². The molecule has 22 heteroatoms. The number of rotatable bonds is 54. The van der Waals surface area contributed by atoms with E-state index in [-0.39, 0.29) is 41.6 Å². The molecule has 3 N–H and O–H groups in total. The van der Waals surface area contributed by atoms with Gasteiger partial charge in [-0.15, -0.1) is 0 Å². The molecule has 0 unspecified atom stereocenters. The third kappa shape index (κ3) is 70.4. The molecule has 0 fully saturated rings. The molecular formula is C72H143N7O15. The minimum atomic E-state index is -0.255. The van der Waals surface area contributed by atoms with E-state index in [4.69, 9.17) is 5.73 Å². The third-order valence-electron chi connectivity index (χ3n) is 15.8. The zero-order valence-electron chi connectivity index (χ0n) is 63.4. The lowest BCUT2D eigenvalue weighted by molar-refractivity contribution is -0.142. The summed E-state index contributed by atoms with van der Waals surface area (Å²) in [6, 6.07) is 1.33. The van der Waals surface area contributed by atoms with Crippen molar-refractivity contribution in [2.75, 3.05) is 141 Å². The van der Waals surface area contributed by atoms with E-state index in [9.17, 15) is 43.2 Å². The van der Waals surface area contributed by atoms with Gasteiger partial charge in [-0.1, -0.05) is 93.4 Å². The van der Waals surface area contributed by atoms with Gasteiger partial charge in [-0.05, 0) is 131 Å². The van der Waals surface area contributed by atoms with Gasteiger partial charge in [0.1, 0.15) is 17.3 Å². The predicted molar refractivity (Wildman–Crippen MR) is 380 cm³/mol. The zero-order chi connectivity index (χ0) is 72.5. The van der Waals surface area contributed by atoms with Gasteiger partial charge >= 0.3 is 35.8 Å². The van der Waals surface area contributed by atoms with E-state index in [1.807, 2.05) is 20.8 Å². The van der Waals surface area contributed by atoms with Gasteiger partial charge in [-0.25, -0.2) is 0 Å². The number of unbranched alkanes of at least 4 members (excludes halogenated alkanes) is 5. The van der Waals surface area contributed by atoms with E-state index >= 15 is 0 Å². The summed E-state index contributed by atoms with van der Waals surface area (Å²) in [6.07, 6.45) is 19.9. The molecule has 0 bridgehead atoms. The highest BCUT2D eigenvalue weighted by molar-refractivity contribution is 5.79. The number of nitrogens with zero attached hydrogens (tertiary/aromatic N) is 5. The van der Waals surface area contributed by atoms with E-state index in [1.54, 1.807) is 0 Å². The summed E-state index contributed by atoms with van der Waals surface area (Å²) in [5.74, 6) is 1.31. The average molecular weight is 1350 g/mol. The third-order valence-corrected chi connectivity index (χ3v) is 15.8. The topological polar surface area (TPSA) is 263 Å². The SMILES string of the molecule is CCC(=O)CCN(CCCN(CCC(=O)OC)CCC(=O)OC)C(C)C.CCC(=O)CCN(CCCN)C(C)C.CCC(=O)CCN(CCCNCCC(=O)OC)C(C)C.COC(=O)CCCCCCCC(C)C.COC(=O)CCN(CCCCC(C)C)CCC(=O)OC. The largest absolute Gasteiger partial charge is 0.469 e. The van der Waals surface area contributed by atoms with E-state index < -0.39 is 0 Å². The number of hydrogen-bond acceptors (Lipinski definition) is 22. The van der Waals surface area contributed by atoms with Crippen LogP contribution in [0.25, 0.3) is 0 Å². The first-order chi connectivity index (χ1) is 44.6. The molecule has 22 nitrogen and oxygen atoms in total. The van der Waals surface area contributed by atoms with Crippen LogP contribution in [0, 0.1) is 11.8 Å². The normalized spacial score (nSPS) is 11.0. The Hall–Kier alpha value is -4.45. The molecule has 556 valence electrons. The molecule has 0 aliphatic heterocycles. The molecule has 0 saturated heterocycles. The molecule has 0 heterocycles. The molecule has 0 aliphatic carbocycles. The van der Waals surface area contributed by atoms with Crippen LogP contribution < -0.4 is 11.1 Å². The fourth-order valence-electron chi connectivity index (χ4n) is 9.26. The summed E-state index contributed by atoms with van der Waals surface area (Å²) in [7, 11) is 8.39. The molecule has 0 spiro atoms. The number of esters is 6. The highest BCUT2D eigenvalue weighted by Gasteiger charge is 2.17. The molecule has 0 aliphatic rings. The first-order valence-electron chi connectivity index (χ1n) is 35.6. The summed E-state index contributed by atoms with van der Waals surface area (Å²) in [6.45, 7) is 39.2. The lowest BCUT2D eigenvalue weighted by Gasteiger charge is -2.28. The van der Waals surface area contributed by atoms with Crippen LogP contribution in [0.4, 0.5) is 0 Å². The van der Waals surface area contributed by atoms with E-state index in [1.165, 1.54) is 81.2 Å². The van der Waals surface area contributed by atoms with Gasteiger partial charge in [-0.3, -0.25) is 43.2 Å². The Labute approximate surface area is 572 Å². The van der Waals surface area contributed by atoms with Crippen LogP contribution in [0.1, 0.15) is 244 Å². The van der Waals surface area contributed by atoms with Gasteiger partial charge in [0.15, 0.2) is 0 Å². The maximum atomic E-state index is 11.6. The first-order valence-corrected chi connectivity index (χ1v) is 35.6. The Morgan fingerprint density at radius 2 is 0.606 bits per heavy atom. The summed E-state index contributed by atoms with van der Waals surface area (Å²) < 4.78 is 27.8. The second-order valence-corrected chi connectivity index (χ2v) is 25.4. The minimum absolute atomic E-state index is 0.0767. The quantitative estimate of drug-likeness (QED) is 0.0326.